The lowest BCUT2D eigenvalue weighted by Gasteiger charge is -2.27. The van der Waals surface area contributed by atoms with Crippen molar-refractivity contribution in [3.05, 3.63) is 107 Å². The zero-order valence-corrected chi connectivity index (χ0v) is 27.4. The van der Waals surface area contributed by atoms with E-state index >= 15 is 0 Å². The monoisotopic (exact) mass is 651 g/mol. The number of nitrogens with zero attached hydrogens (tertiary/aromatic N) is 5. The Hall–Kier alpha value is -5.51. The van der Waals surface area contributed by atoms with Gasteiger partial charge in [-0.1, -0.05) is 36.4 Å². The van der Waals surface area contributed by atoms with E-state index in [0.717, 1.165) is 20.5 Å². The van der Waals surface area contributed by atoms with Crippen molar-refractivity contribution >= 4 is 27.9 Å². The first-order valence-electron chi connectivity index (χ1n) is 14.6. The average Bonchev–Trinajstić information content (AvgIpc) is 3.51. The van der Waals surface area contributed by atoms with Gasteiger partial charge in [-0.05, 0) is 67.0 Å². The number of nitriles is 1. The fourth-order valence-electron chi connectivity index (χ4n) is 5.19. The molecular formula is C35H33N5O6S. The molecule has 0 saturated carbocycles. The molecule has 2 amide bonds. The van der Waals surface area contributed by atoms with Gasteiger partial charge >= 0.3 is 0 Å². The lowest BCUT2D eigenvalue weighted by atomic mass is 9.93. The van der Waals surface area contributed by atoms with Crippen LogP contribution < -0.4 is 9.47 Å². The van der Waals surface area contributed by atoms with Crippen molar-refractivity contribution in [3.8, 4) is 34.5 Å². The molecule has 3 aromatic carbocycles. The van der Waals surface area contributed by atoms with Crippen molar-refractivity contribution in [1.82, 2.24) is 19.0 Å². The number of amides is 2. The quantitative estimate of drug-likeness (QED) is 0.179. The third-order valence-corrected chi connectivity index (χ3v) is 9.70. The highest BCUT2D eigenvalue weighted by molar-refractivity contribution is 7.89. The Kier molecular flexibility index (Phi) is 9.41. The number of hydrogen-bond donors (Lipinski definition) is 0. The molecule has 2 heterocycles. The number of ether oxygens (including phenoxy) is 2. The van der Waals surface area contributed by atoms with Gasteiger partial charge in [0.15, 0.2) is 11.5 Å². The third-order valence-electron chi connectivity index (χ3n) is 7.87. The Morgan fingerprint density at radius 1 is 0.936 bits per heavy atom. The molecule has 1 aliphatic heterocycles. The van der Waals surface area contributed by atoms with Crippen LogP contribution in [0.3, 0.4) is 0 Å². The van der Waals surface area contributed by atoms with Gasteiger partial charge in [-0.3, -0.25) is 14.5 Å². The molecule has 0 radical (unpaired) electrons. The summed E-state index contributed by atoms with van der Waals surface area (Å²) in [6.45, 7) is 1.61. The predicted octanol–water partition coefficient (Wildman–Crippen LogP) is 4.64. The maximum atomic E-state index is 14.0. The van der Waals surface area contributed by atoms with Crippen LogP contribution in [0.4, 0.5) is 0 Å². The largest absolute Gasteiger partial charge is 0.493 e. The van der Waals surface area contributed by atoms with Gasteiger partial charge in [-0.2, -0.15) is 10.4 Å². The second-order valence-corrected chi connectivity index (χ2v) is 13.0. The highest BCUT2D eigenvalue weighted by atomic mass is 32.2. The van der Waals surface area contributed by atoms with Gasteiger partial charge in [0.25, 0.3) is 11.8 Å². The molecule has 0 N–H and O–H groups in total. The molecule has 0 bridgehead atoms. The summed E-state index contributed by atoms with van der Waals surface area (Å²) in [6.07, 6.45) is 3.69. The second kappa shape index (κ2) is 13.5. The minimum absolute atomic E-state index is 0.0287. The van der Waals surface area contributed by atoms with Crippen LogP contribution in [0.5, 0.6) is 11.5 Å². The van der Waals surface area contributed by atoms with Gasteiger partial charge in [0, 0.05) is 43.5 Å². The minimum atomic E-state index is -3.65. The molecule has 0 fully saturated rings. The summed E-state index contributed by atoms with van der Waals surface area (Å²) in [5, 5.41) is 14.7. The van der Waals surface area contributed by atoms with Crippen LogP contribution in [0.15, 0.2) is 101 Å². The number of carbonyl (C=O) groups excluding carboxylic acids is 2. The molecule has 12 heteroatoms. The first-order valence-corrected chi connectivity index (χ1v) is 16.0. The number of methoxy groups -OCH3 is 2. The standard InChI is InChI=1S/C35H33N5O6S/c1-23-29(34(41)39(35(42)30(23)21-36)18-17-24-11-16-31(45-4)32(19-24)46-5)20-26-22-40(27-9-7-6-8-10-27)37-33(26)25-12-14-28(15-13-25)47(43,44)38(2)3/h6-16,19-20,22H,17-18H2,1-5H3/b29-20+. The fourth-order valence-corrected chi connectivity index (χ4v) is 6.09. The molecule has 4 aromatic rings. The topological polar surface area (TPSA) is 135 Å². The van der Waals surface area contributed by atoms with E-state index in [1.165, 1.54) is 40.4 Å². The SMILES string of the molecule is COc1ccc(CCN2C(=O)C(C#N)=C(C)/C(=C\c3cn(-c4ccccc4)nc3-c3ccc(S(=O)(=O)N(C)C)cc3)C2=O)cc1OC. The number of sulfonamides is 1. The van der Waals surface area contributed by atoms with Crippen LogP contribution in [0, 0.1) is 11.3 Å². The third kappa shape index (κ3) is 6.44. The predicted molar refractivity (Wildman–Crippen MR) is 176 cm³/mol. The van der Waals surface area contributed by atoms with Gasteiger partial charge in [0.1, 0.15) is 11.6 Å². The fraction of sp³-hybridized carbons (Fsp3) is 0.200. The molecule has 240 valence electrons. The molecular weight excluding hydrogens is 618 g/mol. The van der Waals surface area contributed by atoms with Crippen LogP contribution in [0.1, 0.15) is 18.1 Å². The van der Waals surface area contributed by atoms with Gasteiger partial charge in [0.2, 0.25) is 10.0 Å². The van der Waals surface area contributed by atoms with Gasteiger partial charge in [-0.25, -0.2) is 17.4 Å². The lowest BCUT2D eigenvalue weighted by Crippen LogP contribution is -2.43. The molecule has 0 spiro atoms. The van der Waals surface area contributed by atoms with Crippen molar-refractivity contribution in [2.75, 3.05) is 34.9 Å². The second-order valence-electron chi connectivity index (χ2n) is 10.9. The number of carbonyl (C=O) groups is 2. The highest BCUT2D eigenvalue weighted by Gasteiger charge is 2.35. The van der Waals surface area contributed by atoms with Crippen LogP contribution in [-0.4, -0.2) is 74.1 Å². The zero-order valence-electron chi connectivity index (χ0n) is 26.6. The summed E-state index contributed by atoms with van der Waals surface area (Å²) < 4.78 is 38.8. The van der Waals surface area contributed by atoms with Crippen molar-refractivity contribution < 1.29 is 27.5 Å². The van der Waals surface area contributed by atoms with Gasteiger partial charge in [0.05, 0.1) is 30.5 Å². The number of rotatable bonds is 10. The summed E-state index contributed by atoms with van der Waals surface area (Å²) in [6, 6.07) is 23.0. The Morgan fingerprint density at radius 3 is 2.23 bits per heavy atom. The molecule has 11 nitrogen and oxygen atoms in total. The van der Waals surface area contributed by atoms with Crippen LogP contribution >= 0.6 is 0 Å². The van der Waals surface area contributed by atoms with Crippen molar-refractivity contribution in [1.29, 1.82) is 5.26 Å². The van der Waals surface area contributed by atoms with Crippen LogP contribution in [-0.2, 0) is 26.0 Å². The number of hydrogen-bond acceptors (Lipinski definition) is 8. The number of benzene rings is 3. The smallest absolute Gasteiger partial charge is 0.271 e. The molecule has 5 rings (SSSR count). The van der Waals surface area contributed by atoms with E-state index in [0.29, 0.717) is 34.7 Å². The van der Waals surface area contributed by atoms with E-state index in [9.17, 15) is 23.3 Å². The Morgan fingerprint density at radius 2 is 1.62 bits per heavy atom. The van der Waals surface area contributed by atoms with Gasteiger partial charge < -0.3 is 9.47 Å². The Balaban J connectivity index is 1.57. The summed E-state index contributed by atoms with van der Waals surface area (Å²) in [5.74, 6) is -0.133. The van der Waals surface area contributed by atoms with Gasteiger partial charge in [-0.15, -0.1) is 0 Å². The molecule has 1 aromatic heterocycles. The summed E-state index contributed by atoms with van der Waals surface area (Å²) in [5.41, 5.74) is 3.50. The Labute approximate surface area is 273 Å². The normalized spacial score (nSPS) is 14.6. The maximum absolute atomic E-state index is 14.0. The molecule has 0 unspecified atom stereocenters. The van der Waals surface area contributed by atoms with E-state index in [2.05, 4.69) is 0 Å². The van der Waals surface area contributed by atoms with E-state index < -0.39 is 21.8 Å². The van der Waals surface area contributed by atoms with E-state index in [1.54, 1.807) is 48.1 Å². The highest BCUT2D eigenvalue weighted by Crippen LogP contribution is 2.33. The summed E-state index contributed by atoms with van der Waals surface area (Å²) >= 11 is 0. The van der Waals surface area contributed by atoms with E-state index in [-0.39, 0.29) is 28.2 Å². The Bertz CT molecular complexity index is 2060. The van der Waals surface area contributed by atoms with E-state index in [4.69, 9.17) is 14.6 Å². The van der Waals surface area contributed by atoms with Crippen molar-refractivity contribution in [3.63, 3.8) is 0 Å². The van der Waals surface area contributed by atoms with Crippen LogP contribution in [0.2, 0.25) is 0 Å². The van der Waals surface area contributed by atoms with Crippen LogP contribution in [0.25, 0.3) is 23.0 Å². The van der Waals surface area contributed by atoms with Crippen molar-refractivity contribution in [2.24, 2.45) is 0 Å². The summed E-state index contributed by atoms with van der Waals surface area (Å²) in [7, 11) is 2.33. The number of imide groups is 1. The first-order chi connectivity index (χ1) is 22.5. The molecule has 0 saturated heterocycles. The average molecular weight is 652 g/mol. The maximum Gasteiger partial charge on any atom is 0.271 e. The molecule has 0 atom stereocenters. The molecule has 47 heavy (non-hydrogen) atoms. The van der Waals surface area contributed by atoms with E-state index in [1.807, 2.05) is 42.5 Å². The van der Waals surface area contributed by atoms with Crippen molar-refractivity contribution in [2.45, 2.75) is 18.2 Å². The lowest BCUT2D eigenvalue weighted by molar-refractivity contribution is -0.140. The number of aromatic nitrogens is 2. The number of para-hydroxylation sites is 1. The molecule has 1 aliphatic rings. The first kappa shape index (κ1) is 32.9. The summed E-state index contributed by atoms with van der Waals surface area (Å²) in [4.78, 5) is 28.5. The zero-order chi connectivity index (χ0) is 33.9. The molecule has 0 aliphatic carbocycles. The minimum Gasteiger partial charge on any atom is -0.493 e.